The van der Waals surface area contributed by atoms with E-state index in [-0.39, 0.29) is 24.5 Å². The molecule has 3 aliphatic rings. The molecule has 0 aromatic heterocycles. The van der Waals surface area contributed by atoms with Gasteiger partial charge in [0.15, 0.2) is 11.5 Å². The Morgan fingerprint density at radius 3 is 2.83 bits per heavy atom. The monoisotopic (exact) mass is 407 g/mol. The molecule has 8 nitrogen and oxygen atoms in total. The molecule has 3 heterocycles. The number of amides is 3. The molecular weight excluding hydrogens is 386 g/mol. The Labute approximate surface area is 173 Å². The largest absolute Gasteiger partial charge is 0.454 e. The van der Waals surface area contributed by atoms with Crippen molar-refractivity contribution in [3.63, 3.8) is 0 Å². The van der Waals surface area contributed by atoms with E-state index < -0.39 is 6.04 Å². The minimum Gasteiger partial charge on any atom is -0.454 e. The average Bonchev–Trinajstić information content (AvgIpc) is 3.41. The molecule has 1 saturated heterocycles. The van der Waals surface area contributed by atoms with E-state index in [1.165, 1.54) is 0 Å². The first kappa shape index (κ1) is 18.5. The Morgan fingerprint density at radius 1 is 1.13 bits per heavy atom. The molecule has 0 unspecified atom stereocenters. The highest BCUT2D eigenvalue weighted by Crippen LogP contribution is 2.34. The first-order valence-corrected chi connectivity index (χ1v) is 9.87. The third kappa shape index (κ3) is 3.14. The lowest BCUT2D eigenvalue weighted by molar-refractivity contribution is -0.133. The van der Waals surface area contributed by atoms with E-state index in [0.717, 1.165) is 11.1 Å². The van der Waals surface area contributed by atoms with Crippen LogP contribution < -0.4 is 14.8 Å². The van der Waals surface area contributed by atoms with E-state index in [2.05, 4.69) is 5.32 Å². The number of carbonyl (C=O) groups is 3. The molecule has 30 heavy (non-hydrogen) atoms. The minimum atomic E-state index is -0.561. The lowest BCUT2D eigenvalue weighted by Crippen LogP contribution is -2.41. The Bertz CT molecular complexity index is 1070. The van der Waals surface area contributed by atoms with Crippen molar-refractivity contribution in [1.29, 1.82) is 0 Å². The number of hydrogen-bond acceptors (Lipinski definition) is 5. The van der Waals surface area contributed by atoms with E-state index in [1.807, 2.05) is 24.3 Å². The molecular formula is C22H21N3O5. The predicted molar refractivity (Wildman–Crippen MR) is 107 cm³/mol. The number of ether oxygens (including phenoxy) is 2. The highest BCUT2D eigenvalue weighted by molar-refractivity contribution is 6.02. The maximum atomic E-state index is 12.9. The van der Waals surface area contributed by atoms with Gasteiger partial charge in [-0.05, 0) is 41.8 Å². The fourth-order valence-electron chi connectivity index (χ4n) is 4.19. The van der Waals surface area contributed by atoms with Crippen molar-refractivity contribution in [3.8, 4) is 11.5 Å². The van der Waals surface area contributed by atoms with Crippen LogP contribution in [-0.4, -0.2) is 47.4 Å². The second-order valence-electron chi connectivity index (χ2n) is 7.79. The van der Waals surface area contributed by atoms with Crippen molar-refractivity contribution in [2.24, 2.45) is 0 Å². The van der Waals surface area contributed by atoms with Crippen LogP contribution in [0, 0.1) is 0 Å². The van der Waals surface area contributed by atoms with Crippen molar-refractivity contribution in [3.05, 3.63) is 53.1 Å². The molecule has 5 rings (SSSR count). The Kier molecular flexibility index (Phi) is 4.34. The van der Waals surface area contributed by atoms with Gasteiger partial charge in [0.05, 0.1) is 0 Å². The van der Waals surface area contributed by atoms with Gasteiger partial charge >= 0.3 is 0 Å². The fraction of sp³-hybridized carbons (Fsp3) is 0.318. The Morgan fingerprint density at radius 2 is 1.97 bits per heavy atom. The van der Waals surface area contributed by atoms with Crippen LogP contribution >= 0.6 is 0 Å². The summed E-state index contributed by atoms with van der Waals surface area (Å²) in [6.07, 6.45) is 0.790. The van der Waals surface area contributed by atoms with Gasteiger partial charge in [0.1, 0.15) is 6.04 Å². The summed E-state index contributed by atoms with van der Waals surface area (Å²) in [6.45, 7) is 1.08. The molecule has 8 heteroatoms. The summed E-state index contributed by atoms with van der Waals surface area (Å²) in [5.41, 5.74) is 2.99. The fourth-order valence-corrected chi connectivity index (χ4v) is 4.19. The van der Waals surface area contributed by atoms with Crippen LogP contribution in [0.15, 0.2) is 36.4 Å². The number of nitrogens with one attached hydrogen (secondary N) is 1. The van der Waals surface area contributed by atoms with Gasteiger partial charge in [-0.25, -0.2) is 0 Å². The average molecular weight is 407 g/mol. The van der Waals surface area contributed by atoms with Crippen LogP contribution in [0.2, 0.25) is 0 Å². The standard InChI is InChI=1S/C22H21N3O5/c1-24-11-14-3-4-15(9-16(14)22(24)28)23-21(27)17-5-7-20(26)25(17)10-13-2-6-18-19(8-13)30-12-29-18/h2-4,6,8-9,17H,5,7,10-12H2,1H3,(H,23,27)/t17-/m1/s1. The number of carbonyl (C=O) groups excluding carboxylic acids is 3. The lowest BCUT2D eigenvalue weighted by atomic mass is 10.1. The van der Waals surface area contributed by atoms with E-state index in [4.69, 9.17) is 9.47 Å². The summed E-state index contributed by atoms with van der Waals surface area (Å²) in [5, 5.41) is 2.88. The molecule has 2 aromatic carbocycles. The topological polar surface area (TPSA) is 88.2 Å². The van der Waals surface area contributed by atoms with Gasteiger partial charge < -0.3 is 24.6 Å². The Hall–Kier alpha value is -3.55. The normalized spacial score (nSPS) is 19.4. The number of hydrogen-bond donors (Lipinski definition) is 1. The number of fused-ring (bicyclic) bond motifs is 2. The second kappa shape index (κ2) is 7.05. The molecule has 3 aliphatic heterocycles. The van der Waals surface area contributed by atoms with Crippen molar-refractivity contribution >= 4 is 23.4 Å². The summed E-state index contributed by atoms with van der Waals surface area (Å²) >= 11 is 0. The van der Waals surface area contributed by atoms with Crippen LogP contribution in [0.4, 0.5) is 5.69 Å². The molecule has 2 aromatic rings. The third-order valence-electron chi connectivity index (χ3n) is 5.78. The minimum absolute atomic E-state index is 0.0541. The summed E-state index contributed by atoms with van der Waals surface area (Å²) in [7, 11) is 1.75. The highest BCUT2D eigenvalue weighted by Gasteiger charge is 2.36. The molecule has 0 spiro atoms. The third-order valence-corrected chi connectivity index (χ3v) is 5.78. The zero-order valence-electron chi connectivity index (χ0n) is 16.5. The van der Waals surface area contributed by atoms with Gasteiger partial charge in [0, 0.05) is 37.8 Å². The zero-order chi connectivity index (χ0) is 20.8. The van der Waals surface area contributed by atoms with Gasteiger partial charge in [0.25, 0.3) is 5.91 Å². The predicted octanol–water partition coefficient (Wildman–Crippen LogP) is 2.13. The van der Waals surface area contributed by atoms with Crippen LogP contribution in [0.5, 0.6) is 11.5 Å². The van der Waals surface area contributed by atoms with Gasteiger partial charge in [-0.3, -0.25) is 14.4 Å². The zero-order valence-corrected chi connectivity index (χ0v) is 16.5. The van der Waals surface area contributed by atoms with E-state index in [0.29, 0.717) is 48.7 Å². The van der Waals surface area contributed by atoms with E-state index in [9.17, 15) is 14.4 Å². The molecule has 1 atom stereocenters. The van der Waals surface area contributed by atoms with E-state index >= 15 is 0 Å². The van der Waals surface area contributed by atoms with Crippen molar-refractivity contribution in [2.75, 3.05) is 19.2 Å². The molecule has 0 radical (unpaired) electrons. The lowest BCUT2D eigenvalue weighted by Gasteiger charge is -2.24. The van der Waals surface area contributed by atoms with Gasteiger partial charge in [0.2, 0.25) is 18.6 Å². The molecule has 1 fully saturated rings. The first-order chi connectivity index (χ1) is 14.5. The van der Waals surface area contributed by atoms with Crippen molar-refractivity contribution in [1.82, 2.24) is 9.80 Å². The molecule has 0 bridgehead atoms. The number of nitrogens with zero attached hydrogens (tertiary/aromatic N) is 2. The number of rotatable bonds is 4. The number of benzene rings is 2. The molecule has 154 valence electrons. The summed E-state index contributed by atoms with van der Waals surface area (Å²) < 4.78 is 10.7. The second-order valence-corrected chi connectivity index (χ2v) is 7.79. The quantitative estimate of drug-likeness (QED) is 0.839. The summed E-state index contributed by atoms with van der Waals surface area (Å²) in [6, 6.07) is 10.3. The maximum absolute atomic E-state index is 12.9. The molecule has 1 N–H and O–H groups in total. The smallest absolute Gasteiger partial charge is 0.254 e. The van der Waals surface area contributed by atoms with Crippen molar-refractivity contribution in [2.45, 2.75) is 32.0 Å². The molecule has 0 saturated carbocycles. The van der Waals surface area contributed by atoms with Crippen LogP contribution in [0.3, 0.4) is 0 Å². The maximum Gasteiger partial charge on any atom is 0.254 e. The first-order valence-electron chi connectivity index (χ1n) is 9.87. The van der Waals surface area contributed by atoms with Crippen LogP contribution in [0.25, 0.3) is 0 Å². The van der Waals surface area contributed by atoms with Gasteiger partial charge in [-0.2, -0.15) is 0 Å². The SMILES string of the molecule is CN1Cc2ccc(NC(=O)[C@H]3CCC(=O)N3Cc3ccc4c(c3)OCO4)cc2C1=O. The van der Waals surface area contributed by atoms with E-state index in [1.54, 1.807) is 29.0 Å². The summed E-state index contributed by atoms with van der Waals surface area (Å²) in [4.78, 5) is 40.8. The number of likely N-dealkylation sites (tertiary alicyclic amines) is 1. The van der Waals surface area contributed by atoms with Crippen LogP contribution in [-0.2, 0) is 22.7 Å². The molecule has 3 amide bonds. The molecule has 0 aliphatic carbocycles. The Balaban J connectivity index is 1.31. The van der Waals surface area contributed by atoms with Gasteiger partial charge in [-0.15, -0.1) is 0 Å². The van der Waals surface area contributed by atoms with Crippen LogP contribution in [0.1, 0.15) is 34.3 Å². The van der Waals surface area contributed by atoms with Gasteiger partial charge in [-0.1, -0.05) is 12.1 Å². The number of anilines is 1. The summed E-state index contributed by atoms with van der Waals surface area (Å²) in [5.74, 6) is 0.964. The van der Waals surface area contributed by atoms with Crippen molar-refractivity contribution < 1.29 is 23.9 Å². The highest BCUT2D eigenvalue weighted by atomic mass is 16.7.